The molecule has 0 fully saturated rings. The number of amides is 2. The predicted molar refractivity (Wildman–Crippen MR) is 141 cm³/mol. The molecule has 0 aliphatic carbocycles. The SMILES string of the molecule is Cc1cccc(NC(=O)COc2c(Br)cc(Br)cc2/C=C(\C#N)C(=O)Nc2cccc(C)c2)c1. The Morgan fingerprint density at radius 2 is 1.59 bits per heavy atom. The molecule has 0 radical (unpaired) electrons. The highest BCUT2D eigenvalue weighted by Gasteiger charge is 2.15. The molecule has 0 spiro atoms. The number of carbonyl (C=O) groups is 2. The summed E-state index contributed by atoms with van der Waals surface area (Å²) in [5.41, 5.74) is 3.61. The second kappa shape index (κ2) is 11.6. The van der Waals surface area contributed by atoms with E-state index in [4.69, 9.17) is 4.74 Å². The first-order valence-electron chi connectivity index (χ1n) is 10.2. The number of carbonyl (C=O) groups excluding carboxylic acids is 2. The van der Waals surface area contributed by atoms with E-state index in [-0.39, 0.29) is 18.1 Å². The van der Waals surface area contributed by atoms with Crippen LogP contribution < -0.4 is 15.4 Å². The van der Waals surface area contributed by atoms with Gasteiger partial charge in [-0.05, 0) is 83.4 Å². The summed E-state index contributed by atoms with van der Waals surface area (Å²) in [4.78, 5) is 25.1. The summed E-state index contributed by atoms with van der Waals surface area (Å²) in [6.07, 6.45) is 1.43. The minimum absolute atomic E-state index is 0.111. The lowest BCUT2D eigenvalue weighted by Crippen LogP contribution is -2.20. The van der Waals surface area contributed by atoms with Gasteiger partial charge in [-0.15, -0.1) is 0 Å². The summed E-state index contributed by atoms with van der Waals surface area (Å²) >= 11 is 6.85. The van der Waals surface area contributed by atoms with E-state index in [9.17, 15) is 14.9 Å². The number of nitrogens with zero attached hydrogens (tertiary/aromatic N) is 1. The molecule has 0 heterocycles. The first-order chi connectivity index (χ1) is 16.2. The van der Waals surface area contributed by atoms with Crippen molar-refractivity contribution in [2.24, 2.45) is 0 Å². The van der Waals surface area contributed by atoms with Gasteiger partial charge < -0.3 is 15.4 Å². The van der Waals surface area contributed by atoms with Crippen LogP contribution in [-0.2, 0) is 9.59 Å². The third kappa shape index (κ3) is 7.04. The second-order valence-corrected chi connectivity index (χ2v) is 9.28. The number of nitriles is 1. The highest BCUT2D eigenvalue weighted by atomic mass is 79.9. The Hall–Kier alpha value is -3.41. The summed E-state index contributed by atoms with van der Waals surface area (Å²) in [7, 11) is 0. The lowest BCUT2D eigenvalue weighted by atomic mass is 10.1. The van der Waals surface area contributed by atoms with Crippen molar-refractivity contribution in [3.63, 3.8) is 0 Å². The Bertz CT molecular complexity index is 1310. The molecule has 2 amide bonds. The van der Waals surface area contributed by atoms with Gasteiger partial charge in [-0.2, -0.15) is 5.26 Å². The maximum absolute atomic E-state index is 12.7. The topological polar surface area (TPSA) is 91.2 Å². The van der Waals surface area contributed by atoms with Gasteiger partial charge in [0, 0.05) is 21.4 Å². The monoisotopic (exact) mass is 581 g/mol. The number of hydrogen-bond donors (Lipinski definition) is 2. The fourth-order valence-electron chi connectivity index (χ4n) is 3.12. The van der Waals surface area contributed by atoms with Crippen molar-refractivity contribution in [2.45, 2.75) is 13.8 Å². The van der Waals surface area contributed by atoms with Crippen molar-refractivity contribution in [1.29, 1.82) is 5.26 Å². The molecule has 0 unspecified atom stereocenters. The number of ether oxygens (including phenoxy) is 1. The molecule has 34 heavy (non-hydrogen) atoms. The highest BCUT2D eigenvalue weighted by Crippen LogP contribution is 2.34. The number of halogens is 2. The van der Waals surface area contributed by atoms with Crippen LogP contribution in [0.3, 0.4) is 0 Å². The van der Waals surface area contributed by atoms with Gasteiger partial charge in [0.15, 0.2) is 6.61 Å². The van der Waals surface area contributed by atoms with E-state index in [1.165, 1.54) is 6.08 Å². The van der Waals surface area contributed by atoms with Crippen LogP contribution >= 0.6 is 31.9 Å². The van der Waals surface area contributed by atoms with E-state index in [2.05, 4.69) is 42.5 Å². The standard InChI is InChI=1S/C26H21Br2N3O3/c1-16-5-3-7-21(9-16)30-24(32)15-34-25-18(12-20(27)13-23(25)28)11-19(14-29)26(33)31-22-8-4-6-17(2)10-22/h3-13H,15H2,1-2H3,(H,30,32)(H,31,33)/b19-11+. The molecule has 0 bridgehead atoms. The zero-order valence-electron chi connectivity index (χ0n) is 18.5. The summed E-state index contributed by atoms with van der Waals surface area (Å²) in [5, 5.41) is 15.1. The molecule has 6 nitrogen and oxygen atoms in total. The van der Waals surface area contributed by atoms with Crippen LogP contribution in [-0.4, -0.2) is 18.4 Å². The van der Waals surface area contributed by atoms with Crippen LogP contribution in [0.5, 0.6) is 5.75 Å². The Labute approximate surface area is 214 Å². The van der Waals surface area contributed by atoms with Crippen molar-refractivity contribution in [3.05, 3.63) is 91.9 Å². The number of rotatable bonds is 7. The molecule has 3 rings (SSSR count). The Kier molecular flexibility index (Phi) is 8.63. The normalized spacial score (nSPS) is 10.9. The third-order valence-electron chi connectivity index (χ3n) is 4.63. The smallest absolute Gasteiger partial charge is 0.266 e. The van der Waals surface area contributed by atoms with Gasteiger partial charge in [0.05, 0.1) is 4.47 Å². The minimum atomic E-state index is -0.549. The molecule has 0 aromatic heterocycles. The van der Waals surface area contributed by atoms with E-state index in [0.29, 0.717) is 31.6 Å². The maximum Gasteiger partial charge on any atom is 0.266 e. The fourth-order valence-corrected chi connectivity index (χ4v) is 4.50. The van der Waals surface area contributed by atoms with Crippen molar-refractivity contribution in [3.8, 4) is 11.8 Å². The van der Waals surface area contributed by atoms with Gasteiger partial charge in [0.25, 0.3) is 11.8 Å². The zero-order valence-corrected chi connectivity index (χ0v) is 21.7. The highest BCUT2D eigenvalue weighted by molar-refractivity contribution is 9.11. The van der Waals surface area contributed by atoms with Gasteiger partial charge in [-0.1, -0.05) is 40.2 Å². The number of hydrogen-bond acceptors (Lipinski definition) is 4. The number of benzene rings is 3. The summed E-state index contributed by atoms with van der Waals surface area (Å²) < 4.78 is 7.05. The summed E-state index contributed by atoms with van der Waals surface area (Å²) in [6.45, 7) is 3.59. The number of aryl methyl sites for hydroxylation is 2. The van der Waals surface area contributed by atoms with Gasteiger partial charge in [0.1, 0.15) is 17.4 Å². The summed E-state index contributed by atoms with van der Waals surface area (Å²) in [6, 6.07) is 20.1. The van der Waals surface area contributed by atoms with Crippen molar-refractivity contribution < 1.29 is 14.3 Å². The molecule has 0 saturated heterocycles. The number of anilines is 2. The van der Waals surface area contributed by atoms with Crippen LogP contribution in [0.1, 0.15) is 16.7 Å². The second-order valence-electron chi connectivity index (χ2n) is 7.51. The molecule has 0 aliphatic heterocycles. The Morgan fingerprint density at radius 3 is 2.18 bits per heavy atom. The quantitative estimate of drug-likeness (QED) is 0.249. The predicted octanol–water partition coefficient (Wildman–Crippen LogP) is 6.39. The molecule has 3 aromatic rings. The van der Waals surface area contributed by atoms with Crippen molar-refractivity contribution >= 4 is 61.1 Å². The molecule has 0 saturated carbocycles. The van der Waals surface area contributed by atoms with Gasteiger partial charge >= 0.3 is 0 Å². The largest absolute Gasteiger partial charge is 0.482 e. The summed E-state index contributed by atoms with van der Waals surface area (Å²) in [5.74, 6) is -0.556. The first-order valence-corrected chi connectivity index (χ1v) is 11.8. The van der Waals surface area contributed by atoms with E-state index >= 15 is 0 Å². The van der Waals surface area contributed by atoms with Crippen LogP contribution in [0.4, 0.5) is 11.4 Å². The van der Waals surface area contributed by atoms with Gasteiger partial charge in [-0.25, -0.2) is 0 Å². The molecule has 8 heteroatoms. The molecule has 3 aromatic carbocycles. The molecule has 172 valence electrons. The van der Waals surface area contributed by atoms with Gasteiger partial charge in [0.2, 0.25) is 0 Å². The van der Waals surface area contributed by atoms with Crippen molar-refractivity contribution in [1.82, 2.24) is 0 Å². The number of nitrogens with one attached hydrogen (secondary N) is 2. The molecule has 0 aliphatic rings. The Morgan fingerprint density at radius 1 is 0.971 bits per heavy atom. The molecular weight excluding hydrogens is 562 g/mol. The van der Waals surface area contributed by atoms with E-state index in [1.807, 2.05) is 56.3 Å². The lowest BCUT2D eigenvalue weighted by Gasteiger charge is -2.13. The molecule has 2 N–H and O–H groups in total. The Balaban J connectivity index is 1.80. The van der Waals surface area contributed by atoms with Gasteiger partial charge in [-0.3, -0.25) is 9.59 Å². The van der Waals surface area contributed by atoms with Crippen LogP contribution in [0.2, 0.25) is 0 Å². The maximum atomic E-state index is 12.7. The average Bonchev–Trinajstić information content (AvgIpc) is 2.76. The van der Waals surface area contributed by atoms with Crippen molar-refractivity contribution in [2.75, 3.05) is 17.2 Å². The van der Waals surface area contributed by atoms with Crippen LogP contribution in [0, 0.1) is 25.2 Å². The first kappa shape index (κ1) is 25.2. The molecule has 0 atom stereocenters. The van der Waals surface area contributed by atoms with E-state index in [1.54, 1.807) is 24.3 Å². The zero-order chi connectivity index (χ0) is 24.7. The fraction of sp³-hybridized carbons (Fsp3) is 0.115. The van der Waals surface area contributed by atoms with E-state index in [0.717, 1.165) is 11.1 Å². The lowest BCUT2D eigenvalue weighted by molar-refractivity contribution is -0.118. The third-order valence-corrected chi connectivity index (χ3v) is 5.67. The molecular formula is C26H21Br2N3O3. The average molecular weight is 583 g/mol. The van der Waals surface area contributed by atoms with E-state index < -0.39 is 5.91 Å². The van der Waals surface area contributed by atoms with Crippen LogP contribution in [0.15, 0.2) is 75.2 Å². The van der Waals surface area contributed by atoms with Crippen LogP contribution in [0.25, 0.3) is 6.08 Å². The minimum Gasteiger partial charge on any atom is -0.482 e.